The van der Waals surface area contributed by atoms with Gasteiger partial charge in [-0.15, -0.1) is 4.91 Å². The van der Waals surface area contributed by atoms with E-state index in [2.05, 4.69) is 32.0 Å². The summed E-state index contributed by atoms with van der Waals surface area (Å²) in [4.78, 5) is 41.1. The van der Waals surface area contributed by atoms with Crippen LogP contribution in [0.5, 0.6) is 0 Å². The molecule has 2 aromatic heterocycles. The first-order valence-electron chi connectivity index (χ1n) is 13.3. The minimum atomic E-state index is -1.13. The van der Waals surface area contributed by atoms with Crippen molar-refractivity contribution in [2.24, 2.45) is 5.18 Å². The van der Waals surface area contributed by atoms with E-state index < -0.39 is 40.1 Å². The first-order valence-corrected chi connectivity index (χ1v) is 13.3. The van der Waals surface area contributed by atoms with E-state index in [1.807, 2.05) is 34.6 Å². The van der Waals surface area contributed by atoms with Crippen LogP contribution >= 0.6 is 0 Å². The highest BCUT2D eigenvalue weighted by Crippen LogP contribution is 2.37. The molecule has 1 aliphatic rings. The topological polar surface area (TPSA) is 105 Å². The van der Waals surface area contributed by atoms with Gasteiger partial charge in [0.05, 0.1) is 28.2 Å². The van der Waals surface area contributed by atoms with E-state index in [1.165, 1.54) is 6.33 Å². The highest BCUT2D eigenvalue weighted by atomic mass is 19.1. The molecule has 0 spiro atoms. The maximum Gasteiger partial charge on any atom is 0.356 e. The molecule has 4 rings (SSSR count). The number of aromatic nitrogens is 4. The standard InChI is InChI=1S/C29H32F3N7O2/c1-15(2)24-26(25(16(3)4)35-14-34-24)39-28(37-41)19(27(36-29(39)40)38-11-10-33-13-17(38)5)12-22(32)18(6)23-20(30)8-7-9-21(23)31/h7-9,12,14-17,33H,6,10-11,13H2,1-5H3/b22-12+/t17-/m0/s1. The van der Waals surface area contributed by atoms with Gasteiger partial charge in [-0.2, -0.15) is 4.98 Å². The molecular formula is C29H32F3N7O2. The lowest BCUT2D eigenvalue weighted by atomic mass is 10.0. The molecule has 9 nitrogen and oxygen atoms in total. The lowest BCUT2D eigenvalue weighted by Crippen LogP contribution is -2.51. The number of hydrogen-bond acceptors (Lipinski definition) is 8. The zero-order valence-corrected chi connectivity index (χ0v) is 23.6. The number of rotatable bonds is 8. The summed E-state index contributed by atoms with van der Waals surface area (Å²) < 4.78 is 45.8. The fourth-order valence-electron chi connectivity index (χ4n) is 4.91. The quantitative estimate of drug-likeness (QED) is 0.272. The Morgan fingerprint density at radius 2 is 1.76 bits per heavy atom. The lowest BCUT2D eigenvalue weighted by molar-refractivity contribution is 0.496. The molecular weight excluding hydrogens is 535 g/mol. The molecule has 1 saturated heterocycles. The van der Waals surface area contributed by atoms with E-state index in [1.54, 1.807) is 4.90 Å². The molecule has 216 valence electrons. The summed E-state index contributed by atoms with van der Waals surface area (Å²) in [6.45, 7) is 14.4. The van der Waals surface area contributed by atoms with Gasteiger partial charge < -0.3 is 10.2 Å². The largest absolute Gasteiger partial charge is 0.356 e. The van der Waals surface area contributed by atoms with Crippen LogP contribution in [0.3, 0.4) is 0 Å². The number of benzene rings is 1. The van der Waals surface area contributed by atoms with Gasteiger partial charge in [0, 0.05) is 31.2 Å². The number of hydrogen-bond donors (Lipinski definition) is 1. The first kappa shape index (κ1) is 29.8. The van der Waals surface area contributed by atoms with Crippen molar-refractivity contribution in [2.45, 2.75) is 52.5 Å². The van der Waals surface area contributed by atoms with Gasteiger partial charge in [0.15, 0.2) is 5.82 Å². The molecule has 0 saturated carbocycles. The number of halogens is 3. The smallest absolute Gasteiger partial charge is 0.351 e. The fourth-order valence-corrected chi connectivity index (χ4v) is 4.91. The molecule has 12 heteroatoms. The SMILES string of the molecule is C=C(/C(F)=C\c1c(N2CCNC[C@@H]2C)nc(=O)n(-c2c(C(C)C)ncnc2C(C)C)c1N=O)c1c(F)cccc1F. The zero-order chi connectivity index (χ0) is 30.0. The number of piperazine rings is 1. The summed E-state index contributed by atoms with van der Waals surface area (Å²) >= 11 is 0. The molecule has 3 heterocycles. The third kappa shape index (κ3) is 5.69. The normalized spacial score (nSPS) is 16.0. The number of nitroso groups, excluding NO2 is 1. The van der Waals surface area contributed by atoms with Crippen molar-refractivity contribution >= 4 is 23.3 Å². The molecule has 0 radical (unpaired) electrons. The number of nitrogens with zero attached hydrogens (tertiary/aromatic N) is 6. The molecule has 0 aliphatic carbocycles. The highest BCUT2D eigenvalue weighted by Gasteiger charge is 2.30. The number of anilines is 1. The molecule has 1 aromatic carbocycles. The predicted octanol–water partition coefficient (Wildman–Crippen LogP) is 5.77. The van der Waals surface area contributed by atoms with Crippen molar-refractivity contribution < 1.29 is 13.2 Å². The van der Waals surface area contributed by atoms with Gasteiger partial charge in [0.25, 0.3) is 0 Å². The Balaban J connectivity index is 2.08. The molecule has 1 atom stereocenters. The van der Waals surface area contributed by atoms with Gasteiger partial charge >= 0.3 is 5.69 Å². The summed E-state index contributed by atoms with van der Waals surface area (Å²) in [7, 11) is 0. The summed E-state index contributed by atoms with van der Waals surface area (Å²) in [5.41, 5.74) is -1.03. The molecule has 41 heavy (non-hydrogen) atoms. The minimum absolute atomic E-state index is 0.0147. The average Bonchev–Trinajstić information content (AvgIpc) is 2.93. The zero-order valence-electron chi connectivity index (χ0n) is 23.6. The van der Waals surface area contributed by atoms with Gasteiger partial charge in [-0.3, -0.25) is 0 Å². The maximum atomic E-state index is 15.9. The van der Waals surface area contributed by atoms with Crippen LogP contribution < -0.4 is 15.9 Å². The van der Waals surface area contributed by atoms with E-state index in [0.717, 1.165) is 28.8 Å². The number of nitrogens with one attached hydrogen (secondary N) is 1. The Hall–Kier alpha value is -4.19. The predicted molar refractivity (Wildman–Crippen MR) is 153 cm³/mol. The average molecular weight is 568 g/mol. The van der Waals surface area contributed by atoms with Gasteiger partial charge in [-0.25, -0.2) is 32.5 Å². The van der Waals surface area contributed by atoms with E-state index in [9.17, 15) is 18.5 Å². The van der Waals surface area contributed by atoms with Gasteiger partial charge in [0.2, 0.25) is 0 Å². The Morgan fingerprint density at radius 1 is 1.15 bits per heavy atom. The second-order valence-corrected chi connectivity index (χ2v) is 10.5. The second-order valence-electron chi connectivity index (χ2n) is 10.5. The van der Waals surface area contributed by atoms with Crippen LogP contribution in [0.15, 0.2) is 46.9 Å². The van der Waals surface area contributed by atoms with Gasteiger partial charge in [0.1, 0.15) is 29.6 Å². The van der Waals surface area contributed by atoms with Crippen molar-refractivity contribution in [3.8, 4) is 5.69 Å². The van der Waals surface area contributed by atoms with E-state index in [0.29, 0.717) is 31.0 Å². The molecule has 0 unspecified atom stereocenters. The first-order chi connectivity index (χ1) is 19.5. The number of allylic oxidation sites excluding steroid dienone is 2. The Kier molecular flexibility index (Phi) is 8.81. The van der Waals surface area contributed by atoms with Crippen LogP contribution in [-0.2, 0) is 0 Å². The maximum absolute atomic E-state index is 15.9. The molecule has 3 aromatic rings. The van der Waals surface area contributed by atoms with Crippen molar-refractivity contribution in [1.82, 2.24) is 24.8 Å². The third-order valence-corrected chi connectivity index (χ3v) is 6.97. The van der Waals surface area contributed by atoms with E-state index in [4.69, 9.17) is 0 Å². The summed E-state index contributed by atoms with van der Waals surface area (Å²) in [5, 5.41) is 6.42. The molecule has 1 N–H and O–H groups in total. The van der Waals surface area contributed by atoms with E-state index in [-0.39, 0.29) is 34.9 Å². The Morgan fingerprint density at radius 3 is 2.29 bits per heavy atom. The molecule has 1 fully saturated rings. The Labute approximate surface area is 235 Å². The van der Waals surface area contributed by atoms with Gasteiger partial charge in [-0.1, -0.05) is 40.3 Å². The van der Waals surface area contributed by atoms with Crippen LogP contribution in [0.4, 0.5) is 24.8 Å². The summed E-state index contributed by atoms with van der Waals surface area (Å²) in [6, 6.07) is 2.94. The third-order valence-electron chi connectivity index (χ3n) is 6.97. The minimum Gasteiger partial charge on any atom is -0.351 e. The van der Waals surface area contributed by atoms with Crippen LogP contribution in [0.25, 0.3) is 17.3 Å². The second kappa shape index (κ2) is 12.1. The van der Waals surface area contributed by atoms with Crippen molar-refractivity contribution in [1.29, 1.82) is 0 Å². The monoisotopic (exact) mass is 567 g/mol. The van der Waals surface area contributed by atoms with Crippen LogP contribution in [0.2, 0.25) is 0 Å². The fraction of sp³-hybridized carbons (Fsp3) is 0.379. The molecule has 1 aliphatic heterocycles. The van der Waals surface area contributed by atoms with Crippen LogP contribution in [0.1, 0.15) is 69.0 Å². The summed E-state index contributed by atoms with van der Waals surface area (Å²) in [5.74, 6) is -3.95. The van der Waals surface area contributed by atoms with Crippen LogP contribution in [-0.4, -0.2) is 45.2 Å². The Bertz CT molecular complexity index is 1540. The molecule has 0 amide bonds. The van der Waals surface area contributed by atoms with Crippen LogP contribution in [0, 0.1) is 16.5 Å². The van der Waals surface area contributed by atoms with Crippen molar-refractivity contribution in [3.63, 3.8) is 0 Å². The van der Waals surface area contributed by atoms with Gasteiger partial charge in [-0.05, 0) is 42.1 Å². The lowest BCUT2D eigenvalue weighted by Gasteiger charge is -2.36. The highest BCUT2D eigenvalue weighted by molar-refractivity contribution is 5.85. The van der Waals surface area contributed by atoms with Crippen molar-refractivity contribution in [2.75, 3.05) is 24.5 Å². The summed E-state index contributed by atoms with van der Waals surface area (Å²) in [6.07, 6.45) is 2.27. The van der Waals surface area contributed by atoms with Crippen molar-refractivity contribution in [3.05, 3.63) is 86.5 Å². The van der Waals surface area contributed by atoms with E-state index >= 15 is 4.39 Å². The molecule has 0 bridgehead atoms.